The number of aliphatic hydroxyl groups excluding tert-OH is 9. The summed E-state index contributed by atoms with van der Waals surface area (Å²) in [5.74, 6) is -2.95. The van der Waals surface area contributed by atoms with Crippen molar-refractivity contribution in [3.05, 3.63) is 12.2 Å². The van der Waals surface area contributed by atoms with E-state index in [1.165, 1.54) is 205 Å². The molecule has 1 saturated carbocycles. The third-order valence-corrected chi connectivity index (χ3v) is 25.3. The van der Waals surface area contributed by atoms with Gasteiger partial charge in [-0.25, -0.2) is 4.57 Å². The minimum absolute atomic E-state index is 0.0194. The molecule has 18 unspecified atom stereocenters. The largest absolute Gasteiger partial charge is 0.472 e. The second kappa shape index (κ2) is 74.0. The number of phosphoric ester groups is 1. The molecule has 10 N–H and O–H groups in total. The van der Waals surface area contributed by atoms with Crippen LogP contribution in [0.3, 0.4) is 0 Å². The van der Waals surface area contributed by atoms with Gasteiger partial charge in [0.2, 0.25) is 0 Å². The van der Waals surface area contributed by atoms with E-state index >= 15 is 0 Å². The highest BCUT2D eigenvalue weighted by atomic mass is 31.2. The number of unbranched alkanes of at least 4 members (excludes halogenated alkanes) is 55. The summed E-state index contributed by atoms with van der Waals surface area (Å²) < 4.78 is 73.6. The molecule has 2 aliphatic heterocycles. The summed E-state index contributed by atoms with van der Waals surface area (Å²) >= 11 is 0. The molecule has 0 radical (unpaired) electrons. The monoisotopic (exact) mass is 1750 g/mol. The maximum absolute atomic E-state index is 14.9. The fourth-order valence-electron chi connectivity index (χ4n) is 16.4. The molecule has 0 aromatic carbocycles. The van der Waals surface area contributed by atoms with Gasteiger partial charge >= 0.3 is 31.7 Å². The van der Waals surface area contributed by atoms with Crippen LogP contribution in [0.15, 0.2) is 12.2 Å². The molecule has 18 atom stereocenters. The van der Waals surface area contributed by atoms with Crippen LogP contribution in [-0.4, -0.2) is 205 Å². The van der Waals surface area contributed by atoms with Gasteiger partial charge in [-0.05, 0) is 51.4 Å². The van der Waals surface area contributed by atoms with Crippen molar-refractivity contribution in [2.24, 2.45) is 0 Å². The number of hydrogen-bond donors (Lipinski definition) is 10. The van der Waals surface area contributed by atoms with E-state index in [2.05, 4.69) is 39.8 Å². The van der Waals surface area contributed by atoms with Crippen LogP contribution in [0.2, 0.25) is 0 Å². The van der Waals surface area contributed by atoms with E-state index in [1.54, 1.807) is 0 Å². The Labute approximate surface area is 731 Å². The predicted octanol–water partition coefficient (Wildman–Crippen LogP) is 19.1. The van der Waals surface area contributed by atoms with Crippen LogP contribution in [0, 0.1) is 0 Å². The summed E-state index contributed by atoms with van der Waals surface area (Å²) in [5.41, 5.74) is 0. The lowest BCUT2D eigenvalue weighted by Gasteiger charge is -2.50. The minimum atomic E-state index is -5.81. The summed E-state index contributed by atoms with van der Waals surface area (Å²) in [6.45, 7) is 5.64. The Morgan fingerprint density at radius 2 is 0.620 bits per heavy atom. The van der Waals surface area contributed by atoms with Gasteiger partial charge in [0, 0.05) is 25.7 Å². The summed E-state index contributed by atoms with van der Waals surface area (Å²) in [4.78, 5) is 66.6. The van der Waals surface area contributed by atoms with Crippen molar-refractivity contribution in [1.82, 2.24) is 0 Å². The van der Waals surface area contributed by atoms with Gasteiger partial charge in [-0.3, -0.25) is 28.2 Å². The molecular formula is C95H177O25P. The van der Waals surface area contributed by atoms with Crippen molar-refractivity contribution >= 4 is 31.7 Å². The van der Waals surface area contributed by atoms with Crippen LogP contribution in [0.4, 0.5) is 0 Å². The first-order valence-corrected chi connectivity index (χ1v) is 50.9. The lowest BCUT2D eigenvalue weighted by Crippen LogP contribution is -2.70. The van der Waals surface area contributed by atoms with Gasteiger partial charge in [0.15, 0.2) is 24.8 Å². The van der Waals surface area contributed by atoms with Crippen molar-refractivity contribution in [2.45, 2.75) is 543 Å². The average Bonchev–Trinajstić information content (AvgIpc) is 0.754. The molecule has 0 aromatic rings. The molecule has 0 aromatic heterocycles. The van der Waals surface area contributed by atoms with Gasteiger partial charge in [-0.2, -0.15) is 0 Å². The highest BCUT2D eigenvalue weighted by Gasteiger charge is 2.60. The first-order chi connectivity index (χ1) is 58.7. The highest BCUT2D eigenvalue weighted by molar-refractivity contribution is 7.47. The molecule has 3 fully saturated rings. The number of carbonyl (C=O) groups is 4. The molecule has 0 bridgehead atoms. The Morgan fingerprint density at radius 3 is 0.992 bits per heavy atom. The summed E-state index contributed by atoms with van der Waals surface area (Å²) in [7, 11) is -5.81. The number of rotatable bonds is 81. The normalized spacial score (nSPS) is 24.6. The second-order valence-electron chi connectivity index (χ2n) is 35.3. The second-order valence-corrected chi connectivity index (χ2v) is 36.7. The van der Waals surface area contributed by atoms with Gasteiger partial charge in [0.1, 0.15) is 92.6 Å². The third kappa shape index (κ3) is 53.7. The first-order valence-electron chi connectivity index (χ1n) is 49.4. The Kier molecular flexibility index (Phi) is 68.8. The fraction of sp³-hybridized carbons (Fsp3) is 0.937. The molecule has 712 valence electrons. The van der Waals surface area contributed by atoms with Crippen molar-refractivity contribution in [3.8, 4) is 0 Å². The molecular weight excluding hydrogens is 1570 g/mol. The third-order valence-electron chi connectivity index (χ3n) is 24.3. The zero-order valence-electron chi connectivity index (χ0n) is 76.1. The van der Waals surface area contributed by atoms with Crippen LogP contribution in [0.1, 0.15) is 439 Å². The standard InChI is InChI=1S/C95H177O25P/c1-5-9-13-17-21-25-29-33-37-41-44-48-52-56-60-64-68-79(98)112-74-77-83(102)85(104)89(108)95(116-77)119-92-90(117-81(100)70-66-62-58-54-50-45-40-36-32-28-24-20-16-12-8-4)86(105)87(106)91(118-94-88(107)84(103)82(101)76(71-96)115-94)93(92)120-121(109,110)113-73-75(72-111-78(97)67-63-59-55-51-47-43-39-35-31-27-23-19-15-11-7-3)114-80(99)69-65-61-57-53-49-46-42-38-34-30-26-22-18-14-10-6-2/h27,31,75-77,82-96,101-108H,5-26,28-30,32-74H2,1-4H3,(H,109,110)/b31-27-. The van der Waals surface area contributed by atoms with E-state index < -0.39 is 162 Å². The molecule has 3 aliphatic rings. The van der Waals surface area contributed by atoms with E-state index in [-0.39, 0.29) is 25.7 Å². The van der Waals surface area contributed by atoms with Gasteiger partial charge in [-0.1, -0.05) is 374 Å². The van der Waals surface area contributed by atoms with Crippen LogP contribution in [0.5, 0.6) is 0 Å². The summed E-state index contributed by atoms with van der Waals surface area (Å²) in [5, 5.41) is 102. The van der Waals surface area contributed by atoms with Crippen molar-refractivity contribution in [1.29, 1.82) is 0 Å². The smallest absolute Gasteiger partial charge is 0.463 e. The predicted molar refractivity (Wildman–Crippen MR) is 472 cm³/mol. The molecule has 1 aliphatic carbocycles. The van der Waals surface area contributed by atoms with Crippen molar-refractivity contribution in [3.63, 3.8) is 0 Å². The number of hydrogen-bond acceptors (Lipinski definition) is 24. The average molecular weight is 1750 g/mol. The SMILES string of the molecule is CCCCCC/C=C\CCCCCCCCCC(=O)OCC(COP(=O)(O)OC1C(OC2OC(CO)C(O)C(O)C2O)C(O)C(O)C(OC(=O)CCCCCCCCCCCCCCCCC)C1OC1OC(COC(=O)CCCCCCCCCCCCCCCCCC)C(O)C(O)C1O)OC(=O)CCCCCCCCCCCCCCCCCC. The topological polar surface area (TPSA) is 380 Å². The lowest BCUT2D eigenvalue weighted by molar-refractivity contribution is -0.360. The highest BCUT2D eigenvalue weighted by Crippen LogP contribution is 2.49. The number of aliphatic hydroxyl groups is 9. The quantitative estimate of drug-likeness (QED) is 0.00889. The van der Waals surface area contributed by atoms with Gasteiger partial charge in [0.05, 0.1) is 13.2 Å². The van der Waals surface area contributed by atoms with Gasteiger partial charge in [-0.15, -0.1) is 0 Å². The lowest BCUT2D eigenvalue weighted by atomic mass is 9.84. The summed E-state index contributed by atoms with van der Waals surface area (Å²) in [6.07, 6.45) is 34.5. The van der Waals surface area contributed by atoms with E-state index in [1.807, 2.05) is 0 Å². The summed E-state index contributed by atoms with van der Waals surface area (Å²) in [6, 6.07) is 0. The van der Waals surface area contributed by atoms with Gasteiger partial charge in [0.25, 0.3) is 0 Å². The molecule has 3 rings (SSSR count). The maximum atomic E-state index is 14.9. The number of esters is 4. The maximum Gasteiger partial charge on any atom is 0.472 e. The number of ether oxygens (including phenoxy) is 8. The molecule has 0 amide bonds. The van der Waals surface area contributed by atoms with Crippen molar-refractivity contribution in [2.75, 3.05) is 26.4 Å². The van der Waals surface area contributed by atoms with Crippen LogP contribution < -0.4 is 0 Å². The molecule has 2 heterocycles. The molecule has 2 saturated heterocycles. The van der Waals surface area contributed by atoms with Crippen LogP contribution in [0.25, 0.3) is 0 Å². The van der Waals surface area contributed by atoms with Crippen LogP contribution >= 0.6 is 7.82 Å². The number of carbonyl (C=O) groups excluding carboxylic acids is 4. The number of allylic oxidation sites excluding steroid dienone is 2. The Morgan fingerprint density at radius 1 is 0.322 bits per heavy atom. The molecule has 121 heavy (non-hydrogen) atoms. The molecule has 0 spiro atoms. The van der Waals surface area contributed by atoms with E-state index in [0.717, 1.165) is 148 Å². The minimum Gasteiger partial charge on any atom is -0.463 e. The Balaban J connectivity index is 1.89. The number of phosphoric acid groups is 1. The van der Waals surface area contributed by atoms with Gasteiger partial charge < -0.3 is 88.7 Å². The first kappa shape index (κ1) is 112. The van der Waals surface area contributed by atoms with Crippen LogP contribution in [-0.2, 0) is 70.7 Å². The molecule has 25 nitrogen and oxygen atoms in total. The van der Waals surface area contributed by atoms with E-state index in [9.17, 15) is 74.6 Å². The van der Waals surface area contributed by atoms with E-state index in [4.69, 9.17) is 46.9 Å². The Hall–Kier alpha value is -2.79. The zero-order valence-corrected chi connectivity index (χ0v) is 77.0. The fourth-order valence-corrected chi connectivity index (χ4v) is 17.4. The molecule has 26 heteroatoms. The zero-order chi connectivity index (χ0) is 88.2. The van der Waals surface area contributed by atoms with Crippen molar-refractivity contribution < 1.29 is 122 Å². The Bertz CT molecular complexity index is 2550. The van der Waals surface area contributed by atoms with E-state index in [0.29, 0.717) is 32.1 Å².